The molecule has 2 fully saturated rings. The third kappa shape index (κ3) is 14.7. The molecule has 2 bridgehead atoms. The standard InChI is InChI=1S/C45H64N6O15S/c1-8-25(3)36-45(60)66-27(5)37(49-41(56)34(64-7)24-65-67(61,62)63)42(57)46-31(20-17-28-15-18-30(52)19-16-28)39(54)47-32-21-22-35(53)51(43(32)58)38(26(4)9-2)44(59)50(6)33(40(55)48-36)23-29-13-11-10-12-14-29/h10-16,18-19,25-27,31-38,52-53H,8-9,17,20-24H2,1-7H3,(H,46,57)(H,47,54)(H,48,55)(H,49,56)(H,61,62,63). The number of hydrogen-bond donors (Lipinski definition) is 7. The number of aryl methyl sites for hydroxylation is 1. The third-order valence-electron chi connectivity index (χ3n) is 12.4. The molecule has 370 valence electrons. The van der Waals surface area contributed by atoms with Crippen LogP contribution in [0.15, 0.2) is 54.6 Å². The number of piperidine rings is 1. The van der Waals surface area contributed by atoms with E-state index in [1.165, 1.54) is 31.0 Å². The highest BCUT2D eigenvalue weighted by Crippen LogP contribution is 2.28. The maximum absolute atomic E-state index is 14.9. The number of cyclic esters (lactones) is 1. The quantitative estimate of drug-likeness (QED) is 0.0946. The summed E-state index contributed by atoms with van der Waals surface area (Å²) in [5, 5.41) is 31.7. The van der Waals surface area contributed by atoms with Crippen molar-refractivity contribution in [3.63, 3.8) is 0 Å². The number of amides is 6. The number of nitrogens with one attached hydrogen (secondary N) is 4. The SMILES string of the molecule is CCC(C)C1NC(=O)C(Cc2ccccc2)N(C)C(=O)C(C(C)CC)N2C(=O)C(CCC2O)NC(=O)C(CCc2ccc(O)cc2)NC(=O)C(NC(=O)C(COS(=O)(=O)O)OC)C(C)OC1=O. The summed E-state index contributed by atoms with van der Waals surface area (Å²) in [4.78, 5) is 103. The summed E-state index contributed by atoms with van der Waals surface area (Å²) < 4.78 is 47.1. The molecule has 11 atom stereocenters. The van der Waals surface area contributed by atoms with Gasteiger partial charge in [0.2, 0.25) is 29.5 Å². The number of aliphatic hydroxyl groups is 1. The Hall–Kier alpha value is -5.68. The summed E-state index contributed by atoms with van der Waals surface area (Å²) in [6, 6.07) is 6.14. The van der Waals surface area contributed by atoms with Crippen molar-refractivity contribution in [2.45, 2.75) is 134 Å². The fourth-order valence-electron chi connectivity index (χ4n) is 7.89. The maximum atomic E-state index is 14.9. The fourth-order valence-corrected chi connectivity index (χ4v) is 8.18. The lowest BCUT2D eigenvalue weighted by Crippen LogP contribution is -2.66. The minimum Gasteiger partial charge on any atom is -0.508 e. The monoisotopic (exact) mass is 960 g/mol. The van der Waals surface area contributed by atoms with E-state index < -0.39 is 125 Å². The van der Waals surface area contributed by atoms with E-state index in [0.29, 0.717) is 24.0 Å². The summed E-state index contributed by atoms with van der Waals surface area (Å²) in [5.41, 5.74) is 1.28. The lowest BCUT2D eigenvalue weighted by atomic mass is 9.91. The van der Waals surface area contributed by atoms with Gasteiger partial charge in [0.1, 0.15) is 60.9 Å². The Bertz CT molecular complexity index is 2160. The van der Waals surface area contributed by atoms with Crippen LogP contribution < -0.4 is 21.3 Å². The zero-order valence-corrected chi connectivity index (χ0v) is 39.6. The molecule has 0 aromatic heterocycles. The molecule has 67 heavy (non-hydrogen) atoms. The number of phenols is 1. The highest BCUT2D eigenvalue weighted by Gasteiger charge is 2.47. The van der Waals surface area contributed by atoms with Crippen molar-refractivity contribution < 1.29 is 70.4 Å². The molecule has 4 rings (SSSR count). The first-order valence-electron chi connectivity index (χ1n) is 22.3. The molecule has 0 aliphatic carbocycles. The minimum absolute atomic E-state index is 0.0232. The first-order chi connectivity index (χ1) is 31.6. The van der Waals surface area contributed by atoms with Crippen LogP contribution >= 0.6 is 0 Å². The summed E-state index contributed by atoms with van der Waals surface area (Å²) in [6.45, 7) is 7.14. The van der Waals surface area contributed by atoms with Crippen LogP contribution in [0.1, 0.15) is 77.8 Å². The van der Waals surface area contributed by atoms with Crippen molar-refractivity contribution in [1.82, 2.24) is 31.1 Å². The minimum atomic E-state index is -5.05. The lowest BCUT2D eigenvalue weighted by molar-refractivity contribution is -0.168. The highest BCUT2D eigenvalue weighted by atomic mass is 32.3. The Morgan fingerprint density at radius 3 is 2.12 bits per heavy atom. The molecule has 2 aliphatic rings. The number of aromatic hydroxyl groups is 1. The van der Waals surface area contributed by atoms with Gasteiger partial charge in [0.25, 0.3) is 5.91 Å². The van der Waals surface area contributed by atoms with Gasteiger partial charge < -0.3 is 50.8 Å². The predicted molar refractivity (Wildman–Crippen MR) is 239 cm³/mol. The second-order valence-electron chi connectivity index (χ2n) is 17.1. The van der Waals surface area contributed by atoms with E-state index in [4.69, 9.17) is 14.0 Å². The largest absolute Gasteiger partial charge is 0.508 e. The first-order valence-corrected chi connectivity index (χ1v) is 23.6. The maximum Gasteiger partial charge on any atom is 0.397 e. The molecular formula is C45H64N6O15S. The number of carbonyl (C=O) groups is 7. The van der Waals surface area contributed by atoms with Crippen molar-refractivity contribution in [2.75, 3.05) is 20.8 Å². The number of benzene rings is 2. The molecule has 0 radical (unpaired) electrons. The number of aliphatic hydroxyl groups excluding tert-OH is 1. The Kier molecular flexibility index (Phi) is 19.6. The molecule has 2 aromatic carbocycles. The predicted octanol–water partition coefficient (Wildman–Crippen LogP) is 0.515. The van der Waals surface area contributed by atoms with E-state index in [1.807, 2.05) is 0 Å². The molecule has 7 N–H and O–H groups in total. The highest BCUT2D eigenvalue weighted by molar-refractivity contribution is 7.80. The molecule has 6 amide bonds. The number of carbonyl (C=O) groups excluding carboxylic acids is 7. The van der Waals surface area contributed by atoms with E-state index >= 15 is 0 Å². The summed E-state index contributed by atoms with van der Waals surface area (Å²) in [6.07, 6.45) is -4.31. The van der Waals surface area contributed by atoms with Crippen LogP contribution in [-0.4, -0.2) is 150 Å². The van der Waals surface area contributed by atoms with Gasteiger partial charge in [0, 0.05) is 20.6 Å². The Morgan fingerprint density at radius 2 is 1.52 bits per heavy atom. The van der Waals surface area contributed by atoms with Gasteiger partial charge in [-0.15, -0.1) is 0 Å². The lowest BCUT2D eigenvalue weighted by Gasteiger charge is -2.44. The number of ether oxygens (including phenoxy) is 2. The van der Waals surface area contributed by atoms with E-state index in [0.717, 1.165) is 12.0 Å². The zero-order chi connectivity index (χ0) is 49.7. The topological polar surface area (TPSA) is 297 Å². The fraction of sp³-hybridized carbons (Fsp3) is 0.578. The van der Waals surface area contributed by atoms with Gasteiger partial charge >= 0.3 is 16.4 Å². The molecule has 2 aliphatic heterocycles. The Morgan fingerprint density at radius 1 is 0.881 bits per heavy atom. The van der Waals surface area contributed by atoms with Gasteiger partial charge in [-0.2, -0.15) is 8.42 Å². The van der Waals surface area contributed by atoms with Gasteiger partial charge in [-0.25, -0.2) is 8.98 Å². The van der Waals surface area contributed by atoms with Crippen molar-refractivity contribution in [2.24, 2.45) is 11.8 Å². The van der Waals surface area contributed by atoms with Crippen LogP contribution in [0.25, 0.3) is 0 Å². The van der Waals surface area contributed by atoms with Crippen molar-refractivity contribution in [1.29, 1.82) is 0 Å². The number of hydrogen-bond acceptors (Lipinski definition) is 14. The third-order valence-corrected chi connectivity index (χ3v) is 12.8. The number of likely N-dealkylation sites (N-methyl/N-ethyl adjacent to an activating group) is 1. The number of rotatable bonds is 15. The Labute approximate surface area is 390 Å². The van der Waals surface area contributed by atoms with Crippen LogP contribution in [-0.2, 0) is 70.5 Å². The average Bonchev–Trinajstić information content (AvgIpc) is 3.29. The van der Waals surface area contributed by atoms with Gasteiger partial charge in [0.05, 0.1) is 0 Å². The van der Waals surface area contributed by atoms with E-state index in [9.17, 15) is 52.2 Å². The number of nitrogens with zero attached hydrogens (tertiary/aromatic N) is 2. The van der Waals surface area contributed by atoms with E-state index in [2.05, 4.69) is 25.5 Å². The first kappa shape index (κ1) is 53.9. The second kappa shape index (κ2) is 24.4. The number of methoxy groups -OCH3 is 1. The molecule has 21 nitrogen and oxygen atoms in total. The van der Waals surface area contributed by atoms with Crippen LogP contribution in [0.2, 0.25) is 0 Å². The van der Waals surface area contributed by atoms with Crippen LogP contribution in [0.4, 0.5) is 0 Å². The van der Waals surface area contributed by atoms with E-state index in [-0.39, 0.29) is 37.9 Å². The summed E-state index contributed by atoms with van der Waals surface area (Å²) in [5.74, 6) is -7.64. The average molecular weight is 961 g/mol. The molecule has 2 heterocycles. The van der Waals surface area contributed by atoms with Crippen molar-refractivity contribution in [3.8, 4) is 5.75 Å². The van der Waals surface area contributed by atoms with Gasteiger partial charge in [0.15, 0.2) is 6.10 Å². The van der Waals surface area contributed by atoms with Crippen LogP contribution in [0.3, 0.4) is 0 Å². The summed E-state index contributed by atoms with van der Waals surface area (Å²) >= 11 is 0. The number of fused-ring (bicyclic) bond motifs is 2. The van der Waals surface area contributed by atoms with Crippen LogP contribution in [0.5, 0.6) is 5.75 Å². The molecule has 22 heteroatoms. The molecule has 11 unspecified atom stereocenters. The zero-order valence-electron chi connectivity index (χ0n) is 38.7. The van der Waals surface area contributed by atoms with Crippen molar-refractivity contribution in [3.05, 3.63) is 65.7 Å². The molecule has 0 spiro atoms. The van der Waals surface area contributed by atoms with Gasteiger partial charge in [-0.3, -0.25) is 33.3 Å². The van der Waals surface area contributed by atoms with Crippen LogP contribution in [0, 0.1) is 11.8 Å². The van der Waals surface area contributed by atoms with Crippen molar-refractivity contribution >= 4 is 51.8 Å². The number of phenolic OH excluding ortho intramolecular Hbond substituents is 1. The summed E-state index contributed by atoms with van der Waals surface area (Å²) in [7, 11) is -2.64. The molecular weight excluding hydrogens is 897 g/mol. The normalized spacial score (nSPS) is 26.4. The van der Waals surface area contributed by atoms with Gasteiger partial charge in [-0.1, -0.05) is 83.0 Å². The second-order valence-corrected chi connectivity index (χ2v) is 18.1. The molecule has 2 saturated heterocycles. The molecule has 0 saturated carbocycles. The van der Waals surface area contributed by atoms with Gasteiger partial charge in [-0.05, 0) is 67.7 Å². The van der Waals surface area contributed by atoms with E-state index in [1.54, 1.807) is 70.2 Å². The number of esters is 1. The smallest absolute Gasteiger partial charge is 0.397 e. The molecule has 2 aromatic rings. The Balaban J connectivity index is 1.88.